The first-order chi connectivity index (χ1) is 27.5. The monoisotopic (exact) mass is 786 g/mol. The summed E-state index contributed by atoms with van der Waals surface area (Å²) in [5.41, 5.74) is 0. The van der Waals surface area contributed by atoms with E-state index in [9.17, 15) is 19.8 Å². The maximum absolute atomic E-state index is 13.1. The van der Waals surface area contributed by atoms with Crippen molar-refractivity contribution in [2.24, 2.45) is 0 Å². The number of hydrogen-bond donors (Lipinski definition) is 3. The molecule has 0 radical (unpaired) electrons. The van der Waals surface area contributed by atoms with Gasteiger partial charge in [0.15, 0.2) is 0 Å². The molecule has 3 atom stereocenters. The number of rotatable bonds is 42. The summed E-state index contributed by atoms with van der Waals surface area (Å²) in [5.74, 6) is -0.508. The highest BCUT2D eigenvalue weighted by atomic mass is 16.5. The number of esters is 1. The van der Waals surface area contributed by atoms with E-state index in [0.29, 0.717) is 19.3 Å². The number of aliphatic hydroxyl groups is 2. The van der Waals surface area contributed by atoms with Crippen LogP contribution in [0, 0.1) is 0 Å². The Hall–Kier alpha value is -2.18. The molecule has 0 aromatic rings. The largest absolute Gasteiger partial charge is 0.462 e. The predicted molar refractivity (Wildman–Crippen MR) is 241 cm³/mol. The number of carbonyl (C=O) groups excluding carboxylic acids is 2. The predicted octanol–water partition coefficient (Wildman–Crippen LogP) is 13.9. The van der Waals surface area contributed by atoms with E-state index in [2.05, 4.69) is 74.7 Å². The SMILES string of the molecule is CC/C=C/C/C=C/C/C=C/CCCCCCC(CC(=O)NC(CO)C(O)CCCCCCCCCCCCCCC)OC(=O)CCCCCCC/C=C\CCC. The second-order valence-electron chi connectivity index (χ2n) is 16.1. The van der Waals surface area contributed by atoms with Gasteiger partial charge in [0.1, 0.15) is 6.10 Å². The smallest absolute Gasteiger partial charge is 0.306 e. The summed E-state index contributed by atoms with van der Waals surface area (Å²) in [6.07, 6.45) is 51.7. The zero-order chi connectivity index (χ0) is 41.0. The van der Waals surface area contributed by atoms with Gasteiger partial charge < -0.3 is 20.3 Å². The highest BCUT2D eigenvalue weighted by Gasteiger charge is 2.24. The van der Waals surface area contributed by atoms with E-state index in [1.807, 2.05) is 0 Å². The molecule has 0 spiro atoms. The molecule has 326 valence electrons. The van der Waals surface area contributed by atoms with E-state index in [-0.39, 0.29) is 24.9 Å². The van der Waals surface area contributed by atoms with Gasteiger partial charge in [-0.1, -0.05) is 191 Å². The van der Waals surface area contributed by atoms with E-state index in [1.54, 1.807) is 0 Å². The van der Waals surface area contributed by atoms with Gasteiger partial charge in [-0.25, -0.2) is 0 Å². The van der Waals surface area contributed by atoms with Gasteiger partial charge in [-0.3, -0.25) is 9.59 Å². The average Bonchev–Trinajstić information content (AvgIpc) is 3.19. The number of carbonyl (C=O) groups is 2. The van der Waals surface area contributed by atoms with Crippen molar-refractivity contribution in [3.05, 3.63) is 48.6 Å². The molecule has 0 aliphatic carbocycles. The van der Waals surface area contributed by atoms with Gasteiger partial charge in [-0.15, -0.1) is 0 Å². The Labute approximate surface area is 346 Å². The second kappa shape index (κ2) is 43.9. The summed E-state index contributed by atoms with van der Waals surface area (Å²) in [4.78, 5) is 26.0. The molecule has 0 aliphatic heterocycles. The van der Waals surface area contributed by atoms with E-state index < -0.39 is 18.2 Å². The van der Waals surface area contributed by atoms with Gasteiger partial charge in [-0.05, 0) is 77.0 Å². The van der Waals surface area contributed by atoms with Gasteiger partial charge in [0.25, 0.3) is 0 Å². The second-order valence-corrected chi connectivity index (χ2v) is 16.1. The van der Waals surface area contributed by atoms with Crippen molar-refractivity contribution < 1.29 is 24.5 Å². The fourth-order valence-electron chi connectivity index (χ4n) is 7.03. The van der Waals surface area contributed by atoms with Crippen molar-refractivity contribution >= 4 is 11.9 Å². The maximum Gasteiger partial charge on any atom is 0.306 e. The molecular formula is C50H91NO5. The molecular weight excluding hydrogens is 695 g/mol. The standard InChI is InChI=1S/C50H91NO5/c1-4-7-10-13-16-19-22-24-26-27-29-32-35-38-41-46(56-50(55)43-40-37-34-31-21-18-15-12-9-6-3)44-49(54)51-47(45-52)48(53)42-39-36-33-30-28-25-23-20-17-14-11-8-5-2/h7,10,12,15-16,19,24,26,46-48,52-53H,4-6,8-9,11,13-14,17-18,20-23,25,27-45H2,1-3H3,(H,51,54)/b10-7+,15-12-,19-16+,26-24+. The Morgan fingerprint density at radius 3 is 1.55 bits per heavy atom. The van der Waals surface area contributed by atoms with Crippen LogP contribution in [0.5, 0.6) is 0 Å². The first kappa shape index (κ1) is 53.8. The van der Waals surface area contributed by atoms with Crippen molar-refractivity contribution in [1.29, 1.82) is 0 Å². The lowest BCUT2D eigenvalue weighted by atomic mass is 10.0. The van der Waals surface area contributed by atoms with Gasteiger partial charge >= 0.3 is 5.97 Å². The molecule has 0 aromatic heterocycles. The fourth-order valence-corrected chi connectivity index (χ4v) is 7.03. The lowest BCUT2D eigenvalue weighted by Gasteiger charge is -2.24. The Bertz CT molecular complexity index is 972. The van der Waals surface area contributed by atoms with Crippen LogP contribution < -0.4 is 5.32 Å². The van der Waals surface area contributed by atoms with E-state index >= 15 is 0 Å². The van der Waals surface area contributed by atoms with Crippen LogP contribution in [0.4, 0.5) is 0 Å². The molecule has 6 heteroatoms. The van der Waals surface area contributed by atoms with Crippen LogP contribution in [-0.4, -0.2) is 46.9 Å². The fraction of sp³-hybridized carbons (Fsp3) is 0.800. The van der Waals surface area contributed by atoms with Crippen LogP contribution in [0.1, 0.15) is 233 Å². The first-order valence-corrected chi connectivity index (χ1v) is 23.9. The zero-order valence-electron chi connectivity index (χ0n) is 37.0. The van der Waals surface area contributed by atoms with Crippen molar-refractivity contribution in [1.82, 2.24) is 5.32 Å². The molecule has 6 nitrogen and oxygen atoms in total. The zero-order valence-corrected chi connectivity index (χ0v) is 37.0. The van der Waals surface area contributed by atoms with E-state index in [1.165, 1.54) is 83.5 Å². The third-order valence-corrected chi connectivity index (χ3v) is 10.6. The van der Waals surface area contributed by atoms with Crippen molar-refractivity contribution in [2.75, 3.05) is 6.61 Å². The van der Waals surface area contributed by atoms with Crippen molar-refractivity contribution in [3.63, 3.8) is 0 Å². The number of hydrogen-bond acceptors (Lipinski definition) is 5. The molecule has 0 fully saturated rings. The van der Waals surface area contributed by atoms with Crippen LogP contribution in [0.3, 0.4) is 0 Å². The molecule has 56 heavy (non-hydrogen) atoms. The van der Waals surface area contributed by atoms with E-state index in [0.717, 1.165) is 103 Å². The molecule has 0 heterocycles. The molecule has 0 saturated heterocycles. The van der Waals surface area contributed by atoms with E-state index in [4.69, 9.17) is 4.74 Å². The molecule has 1 amide bonds. The normalized spacial score (nSPS) is 13.7. The van der Waals surface area contributed by atoms with Crippen molar-refractivity contribution in [3.8, 4) is 0 Å². The topological polar surface area (TPSA) is 95.9 Å². The number of nitrogens with one attached hydrogen (secondary N) is 1. The molecule has 0 rings (SSSR count). The molecule has 3 N–H and O–H groups in total. The summed E-state index contributed by atoms with van der Waals surface area (Å²) in [6, 6.07) is -0.709. The van der Waals surface area contributed by atoms with Gasteiger partial charge in [0.2, 0.25) is 5.91 Å². The van der Waals surface area contributed by atoms with Crippen LogP contribution in [0.25, 0.3) is 0 Å². The highest BCUT2D eigenvalue weighted by molar-refractivity contribution is 5.77. The minimum Gasteiger partial charge on any atom is -0.462 e. The Morgan fingerprint density at radius 2 is 1.00 bits per heavy atom. The quantitative estimate of drug-likeness (QED) is 0.0325. The first-order valence-electron chi connectivity index (χ1n) is 23.9. The summed E-state index contributed by atoms with van der Waals surface area (Å²) < 4.78 is 5.89. The Morgan fingerprint density at radius 1 is 0.536 bits per heavy atom. The highest BCUT2D eigenvalue weighted by Crippen LogP contribution is 2.17. The van der Waals surface area contributed by atoms with Crippen LogP contribution in [0.2, 0.25) is 0 Å². The van der Waals surface area contributed by atoms with Crippen LogP contribution >= 0.6 is 0 Å². The summed E-state index contributed by atoms with van der Waals surface area (Å²) in [5, 5.41) is 23.7. The van der Waals surface area contributed by atoms with Gasteiger partial charge in [0.05, 0.1) is 25.2 Å². The number of ether oxygens (including phenoxy) is 1. The Balaban J connectivity index is 4.61. The lowest BCUT2D eigenvalue weighted by molar-refractivity contribution is -0.151. The summed E-state index contributed by atoms with van der Waals surface area (Å²) in [6.45, 7) is 6.30. The number of aliphatic hydroxyl groups excluding tert-OH is 2. The minimum atomic E-state index is -0.793. The van der Waals surface area contributed by atoms with Crippen molar-refractivity contribution in [2.45, 2.75) is 251 Å². The third kappa shape index (κ3) is 38.7. The number of unbranched alkanes of at least 4 members (excludes halogenated alkanes) is 22. The molecule has 3 unspecified atom stereocenters. The molecule has 0 aromatic carbocycles. The molecule has 0 saturated carbocycles. The summed E-state index contributed by atoms with van der Waals surface area (Å²) in [7, 11) is 0. The van der Waals surface area contributed by atoms with Gasteiger partial charge in [-0.2, -0.15) is 0 Å². The molecule has 0 aliphatic rings. The third-order valence-electron chi connectivity index (χ3n) is 10.6. The Kier molecular flexibility index (Phi) is 42.2. The number of allylic oxidation sites excluding steroid dienone is 8. The average molecular weight is 786 g/mol. The summed E-state index contributed by atoms with van der Waals surface area (Å²) >= 11 is 0. The minimum absolute atomic E-state index is 0.0593. The van der Waals surface area contributed by atoms with Gasteiger partial charge in [0, 0.05) is 6.42 Å². The molecule has 0 bridgehead atoms. The van der Waals surface area contributed by atoms with Crippen LogP contribution in [-0.2, 0) is 14.3 Å². The lowest BCUT2D eigenvalue weighted by Crippen LogP contribution is -2.46. The van der Waals surface area contributed by atoms with Crippen LogP contribution in [0.15, 0.2) is 48.6 Å². The maximum atomic E-state index is 13.1. The number of amides is 1.